The lowest BCUT2D eigenvalue weighted by atomic mass is 10.2. The van der Waals surface area contributed by atoms with E-state index < -0.39 is 4.92 Å². The van der Waals surface area contributed by atoms with Gasteiger partial charge in [-0.25, -0.2) is 4.98 Å². The summed E-state index contributed by atoms with van der Waals surface area (Å²) in [4.78, 5) is 14.0. The third kappa shape index (κ3) is 2.68. The molecule has 1 atom stereocenters. The Kier molecular flexibility index (Phi) is 3.24. The second-order valence-corrected chi connectivity index (χ2v) is 3.15. The van der Waals surface area contributed by atoms with Crippen LogP contribution in [0.3, 0.4) is 0 Å². The van der Waals surface area contributed by atoms with Crippen LogP contribution in [0.4, 0.5) is 11.5 Å². The van der Waals surface area contributed by atoms with E-state index >= 15 is 0 Å². The number of nitro groups is 1. The van der Waals surface area contributed by atoms with Crippen molar-refractivity contribution < 1.29 is 4.92 Å². The van der Waals surface area contributed by atoms with Crippen molar-refractivity contribution in [2.45, 2.75) is 19.9 Å². The minimum Gasteiger partial charge on any atom is -0.357 e. The van der Waals surface area contributed by atoms with Crippen LogP contribution in [0, 0.1) is 29.4 Å². The molecule has 0 saturated heterocycles. The summed E-state index contributed by atoms with van der Waals surface area (Å²) in [5.41, 5.74) is 0.565. The van der Waals surface area contributed by atoms with Gasteiger partial charge < -0.3 is 5.32 Å². The van der Waals surface area contributed by atoms with Crippen LogP contribution in [0.25, 0.3) is 0 Å². The predicted molar refractivity (Wildman–Crippen MR) is 57.5 cm³/mol. The van der Waals surface area contributed by atoms with Crippen LogP contribution >= 0.6 is 0 Å². The molecular formula is C10H11N3O2. The monoisotopic (exact) mass is 205 g/mol. The number of nitrogens with one attached hydrogen (secondary N) is 1. The number of aromatic nitrogens is 1. The average Bonchev–Trinajstić information content (AvgIpc) is 2.17. The van der Waals surface area contributed by atoms with Crippen molar-refractivity contribution in [1.82, 2.24) is 4.98 Å². The lowest BCUT2D eigenvalue weighted by Crippen LogP contribution is -2.13. The predicted octanol–water partition coefficient (Wildman–Crippen LogP) is 1.73. The number of rotatable bonds is 3. The van der Waals surface area contributed by atoms with E-state index in [0.717, 1.165) is 0 Å². The Morgan fingerprint density at radius 2 is 2.40 bits per heavy atom. The van der Waals surface area contributed by atoms with Crippen molar-refractivity contribution in [3.63, 3.8) is 0 Å². The molecule has 0 fully saturated rings. The summed E-state index contributed by atoms with van der Waals surface area (Å²) in [6.45, 7) is 3.46. The third-order valence-corrected chi connectivity index (χ3v) is 1.89. The Hall–Kier alpha value is -2.09. The zero-order chi connectivity index (χ0) is 11.4. The molecule has 78 valence electrons. The number of anilines is 1. The normalized spacial score (nSPS) is 11.5. The van der Waals surface area contributed by atoms with Gasteiger partial charge in [0.25, 0.3) is 5.69 Å². The third-order valence-electron chi connectivity index (χ3n) is 1.89. The summed E-state index contributed by atoms with van der Waals surface area (Å²) in [5.74, 6) is 3.03. The first kappa shape index (κ1) is 11.0. The molecule has 5 nitrogen and oxygen atoms in total. The highest BCUT2D eigenvalue weighted by Gasteiger charge is 2.11. The van der Waals surface area contributed by atoms with E-state index in [0.29, 0.717) is 11.4 Å². The van der Waals surface area contributed by atoms with Crippen LogP contribution < -0.4 is 5.32 Å². The summed E-state index contributed by atoms with van der Waals surface area (Å²) in [6, 6.07) is 1.45. The molecule has 0 radical (unpaired) electrons. The van der Waals surface area contributed by atoms with Crippen molar-refractivity contribution in [2.24, 2.45) is 0 Å². The number of terminal acetylenes is 1. The molecule has 0 aliphatic heterocycles. The van der Waals surface area contributed by atoms with Gasteiger partial charge in [-0.05, 0) is 19.9 Å². The first-order chi connectivity index (χ1) is 7.04. The number of aryl methyl sites for hydroxylation is 1. The van der Waals surface area contributed by atoms with E-state index in [9.17, 15) is 10.1 Å². The van der Waals surface area contributed by atoms with Gasteiger partial charge in [-0.1, -0.05) is 5.92 Å². The lowest BCUT2D eigenvalue weighted by molar-refractivity contribution is -0.385. The zero-order valence-electron chi connectivity index (χ0n) is 8.52. The zero-order valence-corrected chi connectivity index (χ0v) is 8.52. The maximum atomic E-state index is 10.5. The molecule has 1 unspecified atom stereocenters. The smallest absolute Gasteiger partial charge is 0.290 e. The quantitative estimate of drug-likeness (QED) is 0.463. The summed E-state index contributed by atoms with van der Waals surface area (Å²) in [7, 11) is 0. The van der Waals surface area contributed by atoms with E-state index in [1.54, 1.807) is 19.9 Å². The molecule has 0 amide bonds. The molecule has 0 saturated carbocycles. The van der Waals surface area contributed by atoms with Gasteiger partial charge in [0.05, 0.1) is 11.0 Å². The number of hydrogen-bond donors (Lipinski definition) is 1. The first-order valence-electron chi connectivity index (χ1n) is 4.38. The van der Waals surface area contributed by atoms with Crippen molar-refractivity contribution in [3.8, 4) is 12.3 Å². The van der Waals surface area contributed by atoms with Crippen LogP contribution in [-0.2, 0) is 0 Å². The molecule has 15 heavy (non-hydrogen) atoms. The SMILES string of the molecule is C#CC(C)Nc1cc(C)c([N+](=O)[O-])cn1. The molecule has 0 bridgehead atoms. The summed E-state index contributed by atoms with van der Waals surface area (Å²) >= 11 is 0. The van der Waals surface area contributed by atoms with Crippen LogP contribution in [0.2, 0.25) is 0 Å². The van der Waals surface area contributed by atoms with Gasteiger partial charge in [0.1, 0.15) is 12.0 Å². The summed E-state index contributed by atoms with van der Waals surface area (Å²) in [5, 5.41) is 13.5. The molecule has 0 aromatic carbocycles. The van der Waals surface area contributed by atoms with Gasteiger partial charge in [0.2, 0.25) is 0 Å². The fraction of sp³-hybridized carbons (Fsp3) is 0.300. The minimum absolute atomic E-state index is 0.00825. The molecule has 1 aromatic heterocycles. The maximum absolute atomic E-state index is 10.5. The second-order valence-electron chi connectivity index (χ2n) is 3.15. The molecule has 1 N–H and O–H groups in total. The highest BCUT2D eigenvalue weighted by atomic mass is 16.6. The number of hydrogen-bond acceptors (Lipinski definition) is 4. The summed E-state index contributed by atoms with van der Waals surface area (Å²) in [6.07, 6.45) is 6.41. The molecule has 0 aliphatic carbocycles. The highest BCUT2D eigenvalue weighted by Crippen LogP contribution is 2.18. The molecule has 5 heteroatoms. The van der Waals surface area contributed by atoms with Gasteiger partial charge in [-0.15, -0.1) is 6.42 Å². The number of nitrogens with zero attached hydrogens (tertiary/aromatic N) is 2. The Balaban J connectivity index is 2.93. The second kappa shape index (κ2) is 4.42. The fourth-order valence-corrected chi connectivity index (χ4v) is 1.08. The van der Waals surface area contributed by atoms with Crippen LogP contribution in [-0.4, -0.2) is 15.9 Å². The van der Waals surface area contributed by atoms with Gasteiger partial charge in [-0.2, -0.15) is 0 Å². The number of pyridine rings is 1. The van der Waals surface area contributed by atoms with Gasteiger partial charge in [-0.3, -0.25) is 10.1 Å². The van der Waals surface area contributed by atoms with E-state index in [1.165, 1.54) is 6.20 Å². The Labute approximate surface area is 87.7 Å². The van der Waals surface area contributed by atoms with Gasteiger partial charge in [0.15, 0.2) is 0 Å². The van der Waals surface area contributed by atoms with Crippen molar-refractivity contribution >= 4 is 11.5 Å². The Bertz CT molecular complexity index is 423. The maximum Gasteiger partial charge on any atom is 0.290 e. The van der Waals surface area contributed by atoms with E-state index in [1.807, 2.05) is 0 Å². The van der Waals surface area contributed by atoms with Crippen molar-refractivity contribution in [2.75, 3.05) is 5.32 Å². The minimum atomic E-state index is -0.462. The molecule has 0 aliphatic rings. The standard InChI is InChI=1S/C10H11N3O2/c1-4-8(3)12-10-5-7(2)9(6-11-10)13(14)15/h1,5-6,8H,2-3H3,(H,11,12). The molecule has 1 rings (SSSR count). The topological polar surface area (TPSA) is 68.1 Å². The molecule has 1 heterocycles. The highest BCUT2D eigenvalue weighted by molar-refractivity contribution is 5.47. The molecule has 1 aromatic rings. The van der Waals surface area contributed by atoms with Gasteiger partial charge >= 0.3 is 0 Å². The Morgan fingerprint density at radius 1 is 1.73 bits per heavy atom. The fourth-order valence-electron chi connectivity index (χ4n) is 1.08. The Morgan fingerprint density at radius 3 is 2.87 bits per heavy atom. The van der Waals surface area contributed by atoms with Gasteiger partial charge in [0, 0.05) is 5.56 Å². The van der Waals surface area contributed by atoms with Crippen molar-refractivity contribution in [3.05, 3.63) is 27.9 Å². The first-order valence-corrected chi connectivity index (χ1v) is 4.38. The van der Waals surface area contributed by atoms with E-state index in [2.05, 4.69) is 16.2 Å². The van der Waals surface area contributed by atoms with E-state index in [-0.39, 0.29) is 11.7 Å². The molecular weight excluding hydrogens is 194 g/mol. The average molecular weight is 205 g/mol. The van der Waals surface area contributed by atoms with E-state index in [4.69, 9.17) is 6.42 Å². The van der Waals surface area contributed by atoms with Crippen LogP contribution in [0.15, 0.2) is 12.3 Å². The lowest BCUT2D eigenvalue weighted by Gasteiger charge is -2.08. The largest absolute Gasteiger partial charge is 0.357 e. The van der Waals surface area contributed by atoms with Crippen LogP contribution in [0.5, 0.6) is 0 Å². The van der Waals surface area contributed by atoms with Crippen LogP contribution in [0.1, 0.15) is 12.5 Å². The summed E-state index contributed by atoms with van der Waals surface area (Å²) < 4.78 is 0. The van der Waals surface area contributed by atoms with Crippen molar-refractivity contribution in [1.29, 1.82) is 0 Å². The molecule has 0 spiro atoms.